The van der Waals surface area contributed by atoms with Gasteiger partial charge in [-0.3, -0.25) is 28.9 Å². The van der Waals surface area contributed by atoms with Gasteiger partial charge in [-0.1, -0.05) is 123 Å². The molecule has 1 aromatic heterocycles. The largest absolute Gasteiger partial charge is 0.481 e. The Hall–Kier alpha value is -2.30. The van der Waals surface area contributed by atoms with E-state index in [1.54, 1.807) is 0 Å². The Bertz CT molecular complexity index is 1340. The average molecular weight is 875 g/mol. The molecule has 1 aliphatic carbocycles. The molecule has 1 heterocycles. The molecule has 1 N–H and O–H groups in total. The first kappa shape index (κ1) is 54.7. The fraction of sp³-hybridized carbons (Fsp3) is 0.667. The van der Waals surface area contributed by atoms with Gasteiger partial charge in [0, 0.05) is 36.7 Å². The number of carbonyl (C=O) groups is 5. The lowest BCUT2D eigenvalue weighted by Crippen LogP contribution is -2.41. The van der Waals surface area contributed by atoms with E-state index in [1.807, 2.05) is 17.4 Å². The first-order chi connectivity index (χ1) is 27.4. The zero-order chi connectivity index (χ0) is 42.7. The maximum Gasteiger partial charge on any atom is 0.311 e. The number of fused-ring (bicyclic) bond motifs is 1. The van der Waals surface area contributed by atoms with Gasteiger partial charge in [-0.05, 0) is 121 Å². The van der Waals surface area contributed by atoms with Crippen LogP contribution in [-0.2, 0) is 43.2 Å². The molecule has 0 unspecified atom stereocenters. The molecular formula is C45H70Cl3NO7S. The lowest BCUT2D eigenvalue weighted by Gasteiger charge is -2.35. The van der Waals surface area contributed by atoms with Gasteiger partial charge in [0.05, 0.1) is 0 Å². The molecule has 1 aliphatic rings. The number of rotatable bonds is 26. The van der Waals surface area contributed by atoms with E-state index in [4.69, 9.17) is 21.4 Å². The molecule has 0 bridgehead atoms. The van der Waals surface area contributed by atoms with E-state index in [2.05, 4.69) is 85.4 Å². The average Bonchev–Trinajstić information content (AvgIpc) is 3.70. The number of hydrogen-bond donors (Lipinski definition) is 1. The molecule has 0 radical (unpaired) electrons. The number of aliphatic carboxylic acids is 1. The summed E-state index contributed by atoms with van der Waals surface area (Å²) in [6, 6.07) is 11.2. The van der Waals surface area contributed by atoms with Gasteiger partial charge in [0.1, 0.15) is 5.75 Å². The number of unbranched alkanes of at least 4 members (excludes halogenated alkanes) is 12. The second-order valence-corrected chi connectivity index (χ2v) is 16.6. The predicted octanol–water partition coefficient (Wildman–Crippen LogP) is 12.9. The zero-order valence-electron chi connectivity index (χ0n) is 35.1. The van der Waals surface area contributed by atoms with Crippen molar-refractivity contribution in [2.75, 3.05) is 13.1 Å². The Morgan fingerprint density at radius 2 is 1.26 bits per heavy atom. The topological polar surface area (TPSA) is 118 Å². The van der Waals surface area contributed by atoms with Gasteiger partial charge >= 0.3 is 22.4 Å². The summed E-state index contributed by atoms with van der Waals surface area (Å²) in [6.07, 6.45) is 24.1. The molecule has 0 saturated heterocycles. The van der Waals surface area contributed by atoms with Crippen molar-refractivity contribution in [1.82, 2.24) is 4.90 Å². The quantitative estimate of drug-likeness (QED) is 0.0326. The number of ether oxygens (including phenoxy) is 1. The third-order valence-corrected chi connectivity index (χ3v) is 11.1. The van der Waals surface area contributed by atoms with Gasteiger partial charge in [-0.15, -0.1) is 11.3 Å². The van der Waals surface area contributed by atoms with E-state index in [0.717, 1.165) is 83.0 Å². The van der Waals surface area contributed by atoms with E-state index in [9.17, 15) is 24.0 Å². The lowest BCUT2D eigenvalue weighted by molar-refractivity contribution is -0.137. The minimum Gasteiger partial charge on any atom is -0.481 e. The summed E-state index contributed by atoms with van der Waals surface area (Å²) in [5, 5.41) is 7.96. The van der Waals surface area contributed by atoms with Gasteiger partial charge in [-0.25, -0.2) is 0 Å². The highest BCUT2D eigenvalue weighted by molar-refractivity contribution is 7.09. The van der Waals surface area contributed by atoms with Crippen LogP contribution in [0, 0.1) is 0 Å². The minimum absolute atomic E-state index is 0.0735. The molecule has 57 heavy (non-hydrogen) atoms. The van der Waals surface area contributed by atoms with Crippen molar-refractivity contribution in [1.29, 1.82) is 0 Å². The number of thiophene rings is 1. The van der Waals surface area contributed by atoms with Gasteiger partial charge in [0.25, 0.3) is 0 Å². The predicted molar refractivity (Wildman–Crippen MR) is 238 cm³/mol. The summed E-state index contributed by atoms with van der Waals surface area (Å²) in [5.74, 6) is 0.0576. The van der Waals surface area contributed by atoms with Crippen LogP contribution in [0.2, 0.25) is 0 Å². The van der Waals surface area contributed by atoms with Gasteiger partial charge in [-0.2, -0.15) is 0 Å². The second-order valence-electron chi connectivity index (χ2n) is 14.4. The van der Waals surface area contributed by atoms with Gasteiger partial charge in [0.2, 0.25) is 5.24 Å². The number of hydrogen-bond acceptors (Lipinski definition) is 8. The van der Waals surface area contributed by atoms with Gasteiger partial charge in [0.15, 0.2) is 0 Å². The van der Waals surface area contributed by atoms with Crippen LogP contribution in [-0.4, -0.2) is 56.8 Å². The maximum absolute atomic E-state index is 12.4. The molecule has 0 fully saturated rings. The number of carboxylic acid groups (broad SMARTS) is 1. The van der Waals surface area contributed by atoms with Crippen molar-refractivity contribution in [3.05, 3.63) is 51.7 Å². The van der Waals surface area contributed by atoms with Crippen LogP contribution in [0.5, 0.6) is 5.75 Å². The molecule has 8 nitrogen and oxygen atoms in total. The Kier molecular flexibility index (Phi) is 35.3. The van der Waals surface area contributed by atoms with Crippen LogP contribution < -0.4 is 4.74 Å². The highest BCUT2D eigenvalue weighted by atomic mass is 35.5. The summed E-state index contributed by atoms with van der Waals surface area (Å²) in [5.41, 5.74) is 2.62. The van der Waals surface area contributed by atoms with Crippen molar-refractivity contribution in [2.24, 2.45) is 0 Å². The SMILES string of the molecule is CCCCCCCC(=O)Cl.CCCCCCCC(=O)O.CCCCCCCC(=O)Oc1cccc2c1CC[C@H](N(CCC)CCc1cccs1)C2.O=C(Cl)C(=O)Cl. The van der Waals surface area contributed by atoms with Crippen LogP contribution in [0.1, 0.15) is 172 Å². The Balaban J connectivity index is 0.000000980. The zero-order valence-corrected chi connectivity index (χ0v) is 38.2. The number of esters is 1. The molecule has 324 valence electrons. The summed E-state index contributed by atoms with van der Waals surface area (Å²) in [4.78, 5) is 55.6. The van der Waals surface area contributed by atoms with Crippen LogP contribution in [0.25, 0.3) is 0 Å². The summed E-state index contributed by atoms with van der Waals surface area (Å²) in [7, 11) is 0. The Labute approximate surface area is 362 Å². The molecular weight excluding hydrogens is 805 g/mol. The number of benzene rings is 1. The minimum atomic E-state index is -1.14. The van der Waals surface area contributed by atoms with E-state index >= 15 is 0 Å². The van der Waals surface area contributed by atoms with E-state index in [0.29, 0.717) is 25.3 Å². The van der Waals surface area contributed by atoms with Crippen molar-refractivity contribution in [3.63, 3.8) is 0 Å². The normalized spacial score (nSPS) is 12.8. The van der Waals surface area contributed by atoms with Gasteiger partial charge < -0.3 is 9.84 Å². The fourth-order valence-corrected chi connectivity index (χ4v) is 7.26. The number of carboxylic acids is 1. The monoisotopic (exact) mass is 873 g/mol. The first-order valence-electron chi connectivity index (χ1n) is 21.3. The summed E-state index contributed by atoms with van der Waals surface area (Å²) in [6.45, 7) is 11.1. The third-order valence-electron chi connectivity index (χ3n) is 9.50. The number of carbonyl (C=O) groups excluding carboxylic acids is 4. The van der Waals surface area contributed by atoms with E-state index < -0.39 is 16.5 Å². The molecule has 1 aromatic carbocycles. The number of nitrogens with zero attached hydrogens (tertiary/aromatic N) is 1. The Morgan fingerprint density at radius 1 is 0.702 bits per heavy atom. The molecule has 3 rings (SSSR count). The summed E-state index contributed by atoms with van der Waals surface area (Å²) < 4.78 is 5.81. The second kappa shape index (κ2) is 36.8. The Morgan fingerprint density at radius 3 is 1.75 bits per heavy atom. The number of halogens is 3. The third kappa shape index (κ3) is 30.4. The molecule has 2 aromatic rings. The van der Waals surface area contributed by atoms with Crippen molar-refractivity contribution < 1.29 is 33.8 Å². The molecule has 0 saturated carbocycles. The van der Waals surface area contributed by atoms with E-state index in [-0.39, 0.29) is 11.2 Å². The molecule has 12 heteroatoms. The summed E-state index contributed by atoms with van der Waals surface area (Å²) >= 11 is 16.0. The van der Waals surface area contributed by atoms with Crippen LogP contribution in [0.3, 0.4) is 0 Å². The molecule has 1 atom stereocenters. The van der Waals surface area contributed by atoms with Crippen molar-refractivity contribution in [2.45, 2.75) is 181 Å². The molecule has 0 spiro atoms. The standard InChI is InChI=1S/C27H39NO2S.C8H15ClO.C8H16O2.C2Cl2O2/c1-3-5-6-7-8-14-27(29)30-26-13-9-11-22-21-23(15-16-25(22)26)28(18-4-2)19-17-24-12-10-20-31-24;2*1-2-3-4-5-6-7-8(9)10;3-1(5)2(4)6/h9-13,20,23H,3-8,14-19,21H2,1-2H3;2-7H2,1H3;2-7H2,1H3,(H,9,10);/t23-;;;/m0.../s1. The highest BCUT2D eigenvalue weighted by Gasteiger charge is 2.26. The van der Waals surface area contributed by atoms with Crippen LogP contribution >= 0.6 is 46.1 Å². The maximum atomic E-state index is 12.4. The van der Waals surface area contributed by atoms with E-state index in [1.165, 1.54) is 80.2 Å². The van der Waals surface area contributed by atoms with Crippen molar-refractivity contribution >= 4 is 73.8 Å². The van der Waals surface area contributed by atoms with Crippen LogP contribution in [0.15, 0.2) is 35.7 Å². The molecule has 0 aliphatic heterocycles. The van der Waals surface area contributed by atoms with Crippen molar-refractivity contribution in [3.8, 4) is 5.75 Å². The smallest absolute Gasteiger partial charge is 0.311 e. The van der Waals surface area contributed by atoms with Crippen LogP contribution in [0.4, 0.5) is 0 Å². The fourth-order valence-electron chi connectivity index (χ4n) is 6.43. The highest BCUT2D eigenvalue weighted by Crippen LogP contribution is 2.32. The molecule has 0 amide bonds. The first-order valence-corrected chi connectivity index (χ1v) is 23.3. The lowest BCUT2D eigenvalue weighted by atomic mass is 9.86.